The number of carbonyl (C=O) groups excluding carboxylic acids is 1. The third kappa shape index (κ3) is 4.90. The summed E-state index contributed by atoms with van der Waals surface area (Å²) < 4.78 is 33.5. The van der Waals surface area contributed by atoms with Gasteiger partial charge in [-0.25, -0.2) is 8.42 Å². The number of amides is 1. The number of halogens is 1. The van der Waals surface area contributed by atoms with Crippen LogP contribution in [-0.4, -0.2) is 44.2 Å². The van der Waals surface area contributed by atoms with Crippen LogP contribution in [0.2, 0.25) is 5.02 Å². The average Bonchev–Trinajstić information content (AvgIpc) is 2.83. The number of nitrogens with zero attached hydrogens (tertiary/aromatic N) is 2. The van der Waals surface area contributed by atoms with Crippen molar-refractivity contribution < 1.29 is 17.9 Å². The maximum absolute atomic E-state index is 13.3. The Labute approximate surface area is 199 Å². The first kappa shape index (κ1) is 23.3. The van der Waals surface area contributed by atoms with Gasteiger partial charge in [0.2, 0.25) is 10.0 Å². The van der Waals surface area contributed by atoms with Gasteiger partial charge >= 0.3 is 0 Å². The Morgan fingerprint density at radius 2 is 1.82 bits per heavy atom. The molecule has 172 valence electrons. The fourth-order valence-electron chi connectivity index (χ4n) is 4.03. The van der Waals surface area contributed by atoms with Crippen molar-refractivity contribution in [2.24, 2.45) is 0 Å². The van der Waals surface area contributed by atoms with Crippen molar-refractivity contribution in [1.82, 2.24) is 9.21 Å². The molecule has 8 heteroatoms. The van der Waals surface area contributed by atoms with Crippen LogP contribution < -0.4 is 4.74 Å². The molecular formula is C25H25ClN2O4S. The highest BCUT2D eigenvalue weighted by molar-refractivity contribution is 7.89. The Hall–Kier alpha value is -2.87. The minimum Gasteiger partial charge on any atom is -0.496 e. The molecule has 0 fully saturated rings. The maximum atomic E-state index is 13.3. The monoisotopic (exact) mass is 484 g/mol. The molecule has 1 heterocycles. The summed E-state index contributed by atoms with van der Waals surface area (Å²) in [6.45, 7) is 1.000. The molecule has 0 aromatic heterocycles. The molecule has 0 aliphatic carbocycles. The van der Waals surface area contributed by atoms with E-state index in [0.29, 0.717) is 35.8 Å². The molecule has 0 atom stereocenters. The molecule has 4 rings (SSSR count). The highest BCUT2D eigenvalue weighted by atomic mass is 35.5. The summed E-state index contributed by atoms with van der Waals surface area (Å²) in [5.41, 5.74) is 3.24. The Bertz CT molecular complexity index is 1290. The number of rotatable bonds is 6. The van der Waals surface area contributed by atoms with E-state index in [1.165, 1.54) is 26.9 Å². The van der Waals surface area contributed by atoms with Crippen LogP contribution in [0.15, 0.2) is 71.6 Å². The van der Waals surface area contributed by atoms with E-state index >= 15 is 0 Å². The minimum absolute atomic E-state index is 0.112. The van der Waals surface area contributed by atoms with Gasteiger partial charge in [0.15, 0.2) is 0 Å². The topological polar surface area (TPSA) is 66.9 Å². The van der Waals surface area contributed by atoms with Crippen molar-refractivity contribution in [3.63, 3.8) is 0 Å². The van der Waals surface area contributed by atoms with E-state index in [9.17, 15) is 13.2 Å². The standard InChI is InChI=1S/C25H25ClN2O4S/c1-27(16-21-14-22(26)10-11-24(21)32-2)25(29)19-8-5-9-23(15-19)33(30,31)28-13-12-18-6-3-4-7-20(18)17-28/h3-11,14-15H,12-13,16-17H2,1-2H3. The molecule has 0 radical (unpaired) electrons. The van der Waals surface area contributed by atoms with Crippen LogP contribution in [0.5, 0.6) is 5.75 Å². The Kier molecular flexibility index (Phi) is 6.74. The summed E-state index contributed by atoms with van der Waals surface area (Å²) in [5.74, 6) is 0.332. The van der Waals surface area contributed by atoms with Crippen LogP contribution in [0.4, 0.5) is 0 Å². The first-order chi connectivity index (χ1) is 15.8. The Morgan fingerprint density at radius 3 is 2.58 bits per heavy atom. The summed E-state index contributed by atoms with van der Waals surface area (Å²) in [4.78, 5) is 14.7. The summed E-state index contributed by atoms with van der Waals surface area (Å²) in [7, 11) is -0.521. The molecule has 0 saturated carbocycles. The van der Waals surface area contributed by atoms with Gasteiger partial charge in [0.25, 0.3) is 5.91 Å². The Balaban J connectivity index is 1.55. The van der Waals surface area contributed by atoms with Crippen molar-refractivity contribution in [2.75, 3.05) is 20.7 Å². The van der Waals surface area contributed by atoms with Crippen molar-refractivity contribution >= 4 is 27.5 Å². The second kappa shape index (κ2) is 9.55. The normalized spacial score (nSPS) is 13.9. The molecule has 1 aliphatic rings. The SMILES string of the molecule is COc1ccc(Cl)cc1CN(C)C(=O)c1cccc(S(=O)(=O)N2CCc3ccccc3C2)c1. The van der Waals surface area contributed by atoms with Gasteiger partial charge in [-0.2, -0.15) is 4.31 Å². The lowest BCUT2D eigenvalue weighted by Gasteiger charge is -2.28. The van der Waals surface area contributed by atoms with Gasteiger partial charge in [-0.15, -0.1) is 0 Å². The summed E-state index contributed by atoms with van der Waals surface area (Å²) in [6.07, 6.45) is 0.665. The Morgan fingerprint density at radius 1 is 1.06 bits per heavy atom. The minimum atomic E-state index is -3.74. The number of fused-ring (bicyclic) bond motifs is 1. The lowest BCUT2D eigenvalue weighted by molar-refractivity contribution is 0.0784. The average molecular weight is 485 g/mol. The first-order valence-corrected chi connectivity index (χ1v) is 12.4. The van der Waals surface area contributed by atoms with Crippen molar-refractivity contribution in [3.05, 3.63) is 94.0 Å². The highest BCUT2D eigenvalue weighted by Crippen LogP contribution is 2.27. The summed E-state index contributed by atoms with van der Waals surface area (Å²) in [5, 5.41) is 0.544. The van der Waals surface area contributed by atoms with E-state index in [0.717, 1.165) is 11.1 Å². The molecule has 0 bridgehead atoms. The van der Waals surface area contributed by atoms with Gasteiger partial charge < -0.3 is 9.64 Å². The summed E-state index contributed by atoms with van der Waals surface area (Å²) in [6, 6.07) is 19.3. The molecule has 0 N–H and O–H groups in total. The van der Waals surface area contributed by atoms with E-state index in [1.54, 1.807) is 44.5 Å². The van der Waals surface area contributed by atoms with Gasteiger partial charge in [-0.3, -0.25) is 4.79 Å². The van der Waals surface area contributed by atoms with Crippen LogP contribution in [-0.2, 0) is 29.5 Å². The fourth-order valence-corrected chi connectivity index (χ4v) is 5.69. The molecule has 6 nitrogen and oxygen atoms in total. The molecule has 0 saturated heterocycles. The maximum Gasteiger partial charge on any atom is 0.253 e. The predicted molar refractivity (Wildman–Crippen MR) is 128 cm³/mol. The predicted octanol–water partition coefficient (Wildman–Crippen LogP) is 4.37. The van der Waals surface area contributed by atoms with Gasteiger partial charge in [0.1, 0.15) is 5.75 Å². The fraction of sp³-hybridized carbons (Fsp3) is 0.240. The molecule has 1 amide bonds. The van der Waals surface area contributed by atoms with Gasteiger partial charge in [0, 0.05) is 42.8 Å². The van der Waals surface area contributed by atoms with Crippen molar-refractivity contribution in [1.29, 1.82) is 0 Å². The van der Waals surface area contributed by atoms with E-state index < -0.39 is 10.0 Å². The zero-order valence-electron chi connectivity index (χ0n) is 18.5. The van der Waals surface area contributed by atoms with E-state index in [4.69, 9.17) is 16.3 Å². The van der Waals surface area contributed by atoms with E-state index in [1.807, 2.05) is 24.3 Å². The zero-order valence-corrected chi connectivity index (χ0v) is 20.1. The lowest BCUT2D eigenvalue weighted by atomic mass is 10.0. The molecule has 3 aromatic carbocycles. The van der Waals surface area contributed by atoms with Gasteiger partial charge in [-0.05, 0) is 53.9 Å². The van der Waals surface area contributed by atoms with E-state index in [-0.39, 0.29) is 17.3 Å². The molecule has 33 heavy (non-hydrogen) atoms. The quantitative estimate of drug-likeness (QED) is 0.521. The molecule has 0 spiro atoms. The first-order valence-electron chi connectivity index (χ1n) is 10.5. The second-order valence-electron chi connectivity index (χ2n) is 8.00. The molecule has 1 aliphatic heterocycles. The van der Waals surface area contributed by atoms with E-state index in [2.05, 4.69) is 0 Å². The third-order valence-corrected chi connectivity index (χ3v) is 7.89. The van der Waals surface area contributed by atoms with Crippen LogP contribution in [0.3, 0.4) is 0 Å². The van der Waals surface area contributed by atoms with Crippen molar-refractivity contribution in [3.8, 4) is 5.75 Å². The number of hydrogen-bond donors (Lipinski definition) is 0. The van der Waals surface area contributed by atoms with Gasteiger partial charge in [0.05, 0.1) is 12.0 Å². The number of carbonyl (C=O) groups is 1. The number of ether oxygens (including phenoxy) is 1. The number of methoxy groups -OCH3 is 1. The van der Waals surface area contributed by atoms with Crippen molar-refractivity contribution in [2.45, 2.75) is 24.4 Å². The molecule has 0 unspecified atom stereocenters. The smallest absolute Gasteiger partial charge is 0.253 e. The van der Waals surface area contributed by atoms with Crippen LogP contribution >= 0.6 is 11.6 Å². The van der Waals surface area contributed by atoms with Crippen LogP contribution in [0, 0.1) is 0 Å². The lowest BCUT2D eigenvalue weighted by Crippen LogP contribution is -2.36. The second-order valence-corrected chi connectivity index (χ2v) is 10.4. The largest absolute Gasteiger partial charge is 0.496 e. The zero-order chi connectivity index (χ0) is 23.6. The van der Waals surface area contributed by atoms with Gasteiger partial charge in [-0.1, -0.05) is 41.9 Å². The number of sulfonamides is 1. The summed E-state index contributed by atoms with van der Waals surface area (Å²) >= 11 is 6.10. The number of hydrogen-bond acceptors (Lipinski definition) is 4. The third-order valence-electron chi connectivity index (χ3n) is 5.81. The number of benzene rings is 3. The van der Waals surface area contributed by atoms with Crippen LogP contribution in [0.25, 0.3) is 0 Å². The molecule has 3 aromatic rings. The highest BCUT2D eigenvalue weighted by Gasteiger charge is 2.29. The molecular weight excluding hydrogens is 460 g/mol. The van der Waals surface area contributed by atoms with Crippen LogP contribution in [0.1, 0.15) is 27.0 Å².